The van der Waals surface area contributed by atoms with Crippen molar-refractivity contribution in [2.24, 2.45) is 0 Å². The van der Waals surface area contributed by atoms with E-state index in [9.17, 15) is 9.59 Å². The molecule has 6 heteroatoms. The van der Waals surface area contributed by atoms with E-state index in [1.54, 1.807) is 14.0 Å². The van der Waals surface area contributed by atoms with Gasteiger partial charge in [-0.05, 0) is 38.1 Å². The summed E-state index contributed by atoms with van der Waals surface area (Å²) in [6.45, 7) is 4.67. The van der Waals surface area contributed by atoms with Crippen molar-refractivity contribution in [2.45, 2.75) is 32.9 Å². The van der Waals surface area contributed by atoms with E-state index in [-0.39, 0.29) is 12.5 Å². The van der Waals surface area contributed by atoms with Crippen LogP contribution in [0.25, 0.3) is 0 Å². The predicted molar refractivity (Wildman–Crippen MR) is 83.8 cm³/mol. The van der Waals surface area contributed by atoms with Gasteiger partial charge in [0, 0.05) is 6.54 Å². The van der Waals surface area contributed by atoms with E-state index in [4.69, 9.17) is 9.84 Å². The second kappa shape index (κ2) is 9.04. The number of carboxylic acids is 1. The molecule has 0 heterocycles. The zero-order valence-corrected chi connectivity index (χ0v) is 13.3. The molecule has 0 aliphatic heterocycles. The number of hydrogen-bond donors (Lipinski definition) is 2. The maximum absolute atomic E-state index is 11.8. The van der Waals surface area contributed by atoms with Gasteiger partial charge in [0.15, 0.2) is 0 Å². The topological polar surface area (TPSA) is 78.9 Å². The molecule has 1 unspecified atom stereocenters. The summed E-state index contributed by atoms with van der Waals surface area (Å²) < 4.78 is 5.54. The highest BCUT2D eigenvalue weighted by Gasteiger charge is 2.18. The average molecular weight is 308 g/mol. The summed E-state index contributed by atoms with van der Waals surface area (Å²) in [6.07, 6.45) is 0.940. The Morgan fingerprint density at radius 3 is 2.77 bits per heavy atom. The number of carbonyl (C=O) groups excluding carboxylic acids is 1. The number of amides is 1. The average Bonchev–Trinajstić information content (AvgIpc) is 2.50. The maximum atomic E-state index is 11.8. The molecule has 0 fully saturated rings. The molecule has 2 N–H and O–H groups in total. The van der Waals surface area contributed by atoms with Crippen LogP contribution in [0.2, 0.25) is 0 Å². The normalized spacial score (nSPS) is 12.0. The molecule has 0 saturated carbocycles. The number of nitrogens with one attached hydrogen (secondary N) is 1. The molecule has 0 aliphatic rings. The summed E-state index contributed by atoms with van der Waals surface area (Å²) in [5.41, 5.74) is 0.941. The number of carboxylic acid groups (broad SMARTS) is 1. The van der Waals surface area contributed by atoms with Gasteiger partial charge in [-0.25, -0.2) is 0 Å². The largest absolute Gasteiger partial charge is 0.494 e. The van der Waals surface area contributed by atoms with Crippen molar-refractivity contribution in [3.63, 3.8) is 0 Å². The Hall–Kier alpha value is -2.08. The number of hydrogen-bond acceptors (Lipinski definition) is 4. The van der Waals surface area contributed by atoms with E-state index >= 15 is 0 Å². The van der Waals surface area contributed by atoms with E-state index in [1.807, 2.05) is 31.2 Å². The Bertz CT molecular complexity index is 505. The number of aliphatic carboxylic acids is 1. The summed E-state index contributed by atoms with van der Waals surface area (Å²) in [7, 11) is 1.61. The zero-order valence-electron chi connectivity index (χ0n) is 13.3. The molecule has 0 saturated heterocycles. The monoisotopic (exact) mass is 308 g/mol. The summed E-state index contributed by atoms with van der Waals surface area (Å²) >= 11 is 0. The number of ether oxygens (including phenoxy) is 1. The third kappa shape index (κ3) is 6.13. The standard InChI is InChI=1S/C16H24N2O4/c1-4-8-22-14-7-5-6-13(9-14)10-17-15(19)11-18(3)12(2)16(20)21/h5-7,9,12H,4,8,10-11H2,1-3H3,(H,17,19)(H,20,21). The van der Waals surface area contributed by atoms with Crippen LogP contribution in [0.4, 0.5) is 0 Å². The van der Waals surface area contributed by atoms with Crippen LogP contribution in [0.1, 0.15) is 25.8 Å². The van der Waals surface area contributed by atoms with Crippen molar-refractivity contribution in [3.05, 3.63) is 29.8 Å². The minimum atomic E-state index is -0.948. The van der Waals surface area contributed by atoms with Crippen molar-refractivity contribution < 1.29 is 19.4 Å². The molecular weight excluding hydrogens is 284 g/mol. The fourth-order valence-electron chi connectivity index (χ4n) is 1.77. The van der Waals surface area contributed by atoms with E-state index in [1.165, 1.54) is 4.90 Å². The molecule has 1 aromatic rings. The van der Waals surface area contributed by atoms with Crippen molar-refractivity contribution in [3.8, 4) is 5.75 Å². The highest BCUT2D eigenvalue weighted by Crippen LogP contribution is 2.13. The van der Waals surface area contributed by atoms with Crippen LogP contribution in [0, 0.1) is 0 Å². The van der Waals surface area contributed by atoms with Crippen LogP contribution in [0.3, 0.4) is 0 Å². The van der Waals surface area contributed by atoms with Gasteiger partial charge in [0.1, 0.15) is 11.8 Å². The molecule has 0 spiro atoms. The summed E-state index contributed by atoms with van der Waals surface area (Å²) in [5.74, 6) is -0.378. The highest BCUT2D eigenvalue weighted by atomic mass is 16.5. The summed E-state index contributed by atoms with van der Waals surface area (Å²) in [6, 6.07) is 6.85. The van der Waals surface area contributed by atoms with Gasteiger partial charge in [-0.2, -0.15) is 0 Å². The van der Waals surface area contributed by atoms with Gasteiger partial charge in [-0.3, -0.25) is 14.5 Å². The lowest BCUT2D eigenvalue weighted by Crippen LogP contribution is -2.42. The Morgan fingerprint density at radius 2 is 2.14 bits per heavy atom. The van der Waals surface area contributed by atoms with E-state index in [2.05, 4.69) is 5.32 Å². The molecule has 122 valence electrons. The van der Waals surface area contributed by atoms with Gasteiger partial charge < -0.3 is 15.2 Å². The van der Waals surface area contributed by atoms with Crippen molar-refractivity contribution in [2.75, 3.05) is 20.2 Å². The van der Waals surface area contributed by atoms with E-state index < -0.39 is 12.0 Å². The lowest BCUT2D eigenvalue weighted by Gasteiger charge is -2.20. The van der Waals surface area contributed by atoms with Crippen LogP contribution < -0.4 is 10.1 Å². The van der Waals surface area contributed by atoms with Crippen molar-refractivity contribution in [1.29, 1.82) is 0 Å². The van der Waals surface area contributed by atoms with Gasteiger partial charge in [0.2, 0.25) is 5.91 Å². The van der Waals surface area contributed by atoms with E-state index in [0.29, 0.717) is 13.2 Å². The smallest absolute Gasteiger partial charge is 0.320 e. The number of rotatable bonds is 9. The molecule has 1 atom stereocenters. The molecule has 0 radical (unpaired) electrons. The molecule has 1 aromatic carbocycles. The molecule has 0 bridgehead atoms. The molecule has 22 heavy (non-hydrogen) atoms. The van der Waals surface area contributed by atoms with Crippen LogP contribution in [-0.2, 0) is 16.1 Å². The Balaban J connectivity index is 2.45. The Morgan fingerprint density at radius 1 is 1.41 bits per heavy atom. The molecule has 0 aromatic heterocycles. The third-order valence-corrected chi connectivity index (χ3v) is 3.27. The van der Waals surface area contributed by atoms with Crippen LogP contribution in [-0.4, -0.2) is 48.1 Å². The lowest BCUT2D eigenvalue weighted by atomic mass is 10.2. The first-order chi connectivity index (χ1) is 10.4. The SMILES string of the molecule is CCCOc1cccc(CNC(=O)CN(C)C(C)C(=O)O)c1. The molecule has 0 aliphatic carbocycles. The Labute approximate surface area is 131 Å². The molecule has 1 rings (SSSR count). The number of nitrogens with zero attached hydrogens (tertiary/aromatic N) is 1. The minimum absolute atomic E-state index is 0.0412. The molecule has 6 nitrogen and oxygen atoms in total. The fraction of sp³-hybridized carbons (Fsp3) is 0.500. The first kappa shape index (κ1) is 18.0. The highest BCUT2D eigenvalue weighted by molar-refractivity contribution is 5.79. The minimum Gasteiger partial charge on any atom is -0.494 e. The fourth-order valence-corrected chi connectivity index (χ4v) is 1.77. The first-order valence-electron chi connectivity index (χ1n) is 7.35. The van der Waals surface area contributed by atoms with Crippen LogP contribution >= 0.6 is 0 Å². The van der Waals surface area contributed by atoms with Gasteiger partial charge in [-0.15, -0.1) is 0 Å². The predicted octanol–water partition coefficient (Wildman–Crippen LogP) is 1.50. The van der Waals surface area contributed by atoms with E-state index in [0.717, 1.165) is 17.7 Å². The molecular formula is C16H24N2O4. The van der Waals surface area contributed by atoms with Gasteiger partial charge >= 0.3 is 5.97 Å². The van der Waals surface area contributed by atoms with Crippen molar-refractivity contribution >= 4 is 11.9 Å². The second-order valence-corrected chi connectivity index (χ2v) is 5.20. The number of carbonyl (C=O) groups is 2. The number of benzene rings is 1. The van der Waals surface area contributed by atoms with Crippen LogP contribution in [0.15, 0.2) is 24.3 Å². The second-order valence-electron chi connectivity index (χ2n) is 5.20. The van der Waals surface area contributed by atoms with Crippen molar-refractivity contribution in [1.82, 2.24) is 10.2 Å². The Kier molecular flexibility index (Phi) is 7.39. The summed E-state index contributed by atoms with van der Waals surface area (Å²) in [4.78, 5) is 24.2. The van der Waals surface area contributed by atoms with Gasteiger partial charge in [0.25, 0.3) is 0 Å². The van der Waals surface area contributed by atoms with Gasteiger partial charge in [-0.1, -0.05) is 19.1 Å². The molecule has 1 amide bonds. The maximum Gasteiger partial charge on any atom is 0.320 e. The number of likely N-dealkylation sites (N-methyl/N-ethyl adjacent to an activating group) is 1. The quantitative estimate of drug-likeness (QED) is 0.723. The summed E-state index contributed by atoms with van der Waals surface area (Å²) in [5, 5.41) is 11.7. The first-order valence-corrected chi connectivity index (χ1v) is 7.35. The third-order valence-electron chi connectivity index (χ3n) is 3.27. The lowest BCUT2D eigenvalue weighted by molar-refractivity contribution is -0.142. The zero-order chi connectivity index (χ0) is 16.5. The van der Waals surface area contributed by atoms with Gasteiger partial charge in [0.05, 0.1) is 13.2 Å². The van der Waals surface area contributed by atoms with Crippen LogP contribution in [0.5, 0.6) is 5.75 Å².